The quantitative estimate of drug-likeness (QED) is 0.696. The van der Waals surface area contributed by atoms with E-state index in [1.54, 1.807) is 0 Å². The molecule has 2 N–H and O–H groups in total. The van der Waals surface area contributed by atoms with Crippen LogP contribution in [-0.2, 0) is 13.0 Å². The van der Waals surface area contributed by atoms with Crippen LogP contribution in [0.25, 0.3) is 0 Å². The Kier molecular flexibility index (Phi) is 3.77. The van der Waals surface area contributed by atoms with Crippen LogP contribution < -0.4 is 5.32 Å². The Balaban J connectivity index is 2.58. The molecule has 0 spiro atoms. The Labute approximate surface area is 73.2 Å². The first-order chi connectivity index (χ1) is 5.86. The van der Waals surface area contributed by atoms with Gasteiger partial charge in [0.2, 0.25) is 0 Å². The summed E-state index contributed by atoms with van der Waals surface area (Å²) >= 11 is 0. The summed E-state index contributed by atoms with van der Waals surface area (Å²) in [7, 11) is 1.93. The summed E-state index contributed by atoms with van der Waals surface area (Å²) < 4.78 is 0. The first-order valence-corrected chi connectivity index (χ1v) is 4.20. The molecule has 0 saturated heterocycles. The van der Waals surface area contributed by atoms with Crippen LogP contribution in [0.5, 0.6) is 0 Å². The number of rotatable bonds is 4. The van der Waals surface area contributed by atoms with E-state index in [2.05, 4.69) is 29.6 Å². The summed E-state index contributed by atoms with van der Waals surface area (Å²) in [4.78, 5) is 0. The van der Waals surface area contributed by atoms with Gasteiger partial charge < -0.3 is 10.4 Å². The predicted octanol–water partition coefficient (Wildman–Crippen LogP) is 0.941. The summed E-state index contributed by atoms with van der Waals surface area (Å²) in [6, 6.07) is 8.29. The standard InChI is InChI=1S/C10H15NO/c1-11-8-10-4-2-9(3-5-10)6-7-12/h2-5,11-12H,6-8H2,1H3. The minimum atomic E-state index is 0.228. The molecule has 1 aromatic rings. The van der Waals surface area contributed by atoms with Crippen LogP contribution in [-0.4, -0.2) is 18.8 Å². The van der Waals surface area contributed by atoms with E-state index in [0.717, 1.165) is 13.0 Å². The molecule has 66 valence electrons. The van der Waals surface area contributed by atoms with Crippen LogP contribution in [0.3, 0.4) is 0 Å². The van der Waals surface area contributed by atoms with Gasteiger partial charge in [-0.15, -0.1) is 0 Å². The van der Waals surface area contributed by atoms with Crippen molar-refractivity contribution in [3.63, 3.8) is 0 Å². The second-order valence-corrected chi connectivity index (χ2v) is 2.82. The largest absolute Gasteiger partial charge is 0.396 e. The molecule has 0 atom stereocenters. The summed E-state index contributed by atoms with van der Waals surface area (Å²) in [5.41, 5.74) is 2.47. The van der Waals surface area contributed by atoms with E-state index in [4.69, 9.17) is 5.11 Å². The zero-order chi connectivity index (χ0) is 8.81. The summed E-state index contributed by atoms with van der Waals surface area (Å²) in [5.74, 6) is 0. The first-order valence-electron chi connectivity index (χ1n) is 4.20. The molecular formula is C10H15NO. The Morgan fingerprint density at radius 3 is 2.25 bits per heavy atom. The minimum absolute atomic E-state index is 0.228. The molecule has 0 amide bonds. The number of aliphatic hydroxyl groups is 1. The highest BCUT2D eigenvalue weighted by molar-refractivity contribution is 5.22. The predicted molar refractivity (Wildman–Crippen MR) is 50.0 cm³/mol. The average Bonchev–Trinajstić information content (AvgIpc) is 2.09. The first kappa shape index (κ1) is 9.23. The normalized spacial score (nSPS) is 10.2. The van der Waals surface area contributed by atoms with Crippen molar-refractivity contribution in [3.8, 4) is 0 Å². The van der Waals surface area contributed by atoms with Gasteiger partial charge in [0, 0.05) is 13.2 Å². The monoisotopic (exact) mass is 165 g/mol. The molecule has 0 bridgehead atoms. The van der Waals surface area contributed by atoms with E-state index in [1.165, 1.54) is 11.1 Å². The molecule has 0 fully saturated rings. The van der Waals surface area contributed by atoms with Gasteiger partial charge in [0.05, 0.1) is 0 Å². The second kappa shape index (κ2) is 4.91. The molecule has 2 heteroatoms. The number of nitrogens with one attached hydrogen (secondary N) is 1. The SMILES string of the molecule is CNCc1ccc(CCO)cc1. The van der Waals surface area contributed by atoms with Crippen LogP contribution in [0.4, 0.5) is 0 Å². The van der Waals surface area contributed by atoms with Crippen molar-refractivity contribution in [2.75, 3.05) is 13.7 Å². The maximum Gasteiger partial charge on any atom is 0.0471 e. The van der Waals surface area contributed by atoms with Crippen molar-refractivity contribution in [1.29, 1.82) is 0 Å². The summed E-state index contributed by atoms with van der Waals surface area (Å²) in [5, 5.41) is 11.8. The third-order valence-electron chi connectivity index (χ3n) is 1.80. The van der Waals surface area contributed by atoms with Gasteiger partial charge in [-0.05, 0) is 24.6 Å². The van der Waals surface area contributed by atoms with Gasteiger partial charge in [0.15, 0.2) is 0 Å². The zero-order valence-corrected chi connectivity index (χ0v) is 7.38. The van der Waals surface area contributed by atoms with Crippen molar-refractivity contribution in [2.24, 2.45) is 0 Å². The average molecular weight is 165 g/mol. The molecule has 0 aliphatic rings. The van der Waals surface area contributed by atoms with E-state index in [-0.39, 0.29) is 6.61 Å². The molecule has 0 unspecified atom stereocenters. The van der Waals surface area contributed by atoms with Gasteiger partial charge in [0.25, 0.3) is 0 Å². The second-order valence-electron chi connectivity index (χ2n) is 2.82. The van der Waals surface area contributed by atoms with Gasteiger partial charge >= 0.3 is 0 Å². The lowest BCUT2D eigenvalue weighted by molar-refractivity contribution is 0.299. The molecule has 0 aliphatic heterocycles. The van der Waals surface area contributed by atoms with Crippen LogP contribution >= 0.6 is 0 Å². The Bertz CT molecular complexity index is 193. The van der Waals surface area contributed by atoms with Crippen LogP contribution in [0.2, 0.25) is 0 Å². The van der Waals surface area contributed by atoms with Crippen molar-refractivity contribution in [1.82, 2.24) is 5.32 Å². The highest BCUT2D eigenvalue weighted by atomic mass is 16.2. The third kappa shape index (κ3) is 2.64. The number of hydrogen-bond donors (Lipinski definition) is 2. The summed E-state index contributed by atoms with van der Waals surface area (Å²) in [6.45, 7) is 1.13. The van der Waals surface area contributed by atoms with Crippen molar-refractivity contribution < 1.29 is 5.11 Å². The molecule has 1 aromatic carbocycles. The van der Waals surface area contributed by atoms with Crippen LogP contribution in [0, 0.1) is 0 Å². The van der Waals surface area contributed by atoms with Gasteiger partial charge in [0.1, 0.15) is 0 Å². The number of hydrogen-bond acceptors (Lipinski definition) is 2. The topological polar surface area (TPSA) is 32.3 Å². The molecule has 2 nitrogen and oxygen atoms in total. The molecule has 0 radical (unpaired) electrons. The Hall–Kier alpha value is -0.860. The maximum atomic E-state index is 8.68. The highest BCUT2D eigenvalue weighted by Gasteiger charge is 1.92. The van der Waals surface area contributed by atoms with E-state index < -0.39 is 0 Å². The maximum absolute atomic E-state index is 8.68. The molecular weight excluding hydrogens is 150 g/mol. The van der Waals surface area contributed by atoms with Crippen molar-refractivity contribution in [3.05, 3.63) is 35.4 Å². The fourth-order valence-corrected chi connectivity index (χ4v) is 1.16. The van der Waals surface area contributed by atoms with Crippen molar-refractivity contribution >= 4 is 0 Å². The van der Waals surface area contributed by atoms with E-state index >= 15 is 0 Å². The zero-order valence-electron chi connectivity index (χ0n) is 7.38. The minimum Gasteiger partial charge on any atom is -0.396 e. The molecule has 0 aromatic heterocycles. The smallest absolute Gasteiger partial charge is 0.0471 e. The van der Waals surface area contributed by atoms with E-state index in [9.17, 15) is 0 Å². The van der Waals surface area contributed by atoms with Gasteiger partial charge in [-0.2, -0.15) is 0 Å². The highest BCUT2D eigenvalue weighted by Crippen LogP contribution is 2.04. The van der Waals surface area contributed by atoms with Crippen LogP contribution in [0.15, 0.2) is 24.3 Å². The van der Waals surface area contributed by atoms with Gasteiger partial charge in [-0.3, -0.25) is 0 Å². The third-order valence-corrected chi connectivity index (χ3v) is 1.80. The number of benzene rings is 1. The lowest BCUT2D eigenvalue weighted by Crippen LogP contribution is -2.04. The van der Waals surface area contributed by atoms with Gasteiger partial charge in [-0.25, -0.2) is 0 Å². The van der Waals surface area contributed by atoms with Crippen LogP contribution in [0.1, 0.15) is 11.1 Å². The lowest BCUT2D eigenvalue weighted by Gasteiger charge is -2.01. The fraction of sp³-hybridized carbons (Fsp3) is 0.400. The van der Waals surface area contributed by atoms with Gasteiger partial charge in [-0.1, -0.05) is 24.3 Å². The molecule has 0 saturated carbocycles. The fourth-order valence-electron chi connectivity index (χ4n) is 1.16. The van der Waals surface area contributed by atoms with E-state index in [0.29, 0.717) is 0 Å². The Morgan fingerprint density at radius 1 is 1.17 bits per heavy atom. The summed E-state index contributed by atoms with van der Waals surface area (Å²) in [6.07, 6.45) is 0.750. The molecule has 1 rings (SSSR count). The molecule has 0 heterocycles. The van der Waals surface area contributed by atoms with E-state index in [1.807, 2.05) is 7.05 Å². The molecule has 12 heavy (non-hydrogen) atoms. The van der Waals surface area contributed by atoms with Crippen molar-refractivity contribution in [2.45, 2.75) is 13.0 Å². The molecule has 0 aliphatic carbocycles. The lowest BCUT2D eigenvalue weighted by atomic mass is 10.1. The number of aliphatic hydroxyl groups excluding tert-OH is 1. The Morgan fingerprint density at radius 2 is 1.75 bits per heavy atom.